The van der Waals surface area contributed by atoms with Gasteiger partial charge in [0.15, 0.2) is 0 Å². The van der Waals surface area contributed by atoms with Crippen LogP contribution in [0.4, 0.5) is 0 Å². The van der Waals surface area contributed by atoms with Crippen LogP contribution in [-0.4, -0.2) is 12.1 Å². The van der Waals surface area contributed by atoms with Crippen molar-refractivity contribution in [3.05, 3.63) is 37.0 Å². The lowest BCUT2D eigenvalue weighted by Crippen LogP contribution is -2.09. The van der Waals surface area contributed by atoms with E-state index in [2.05, 4.69) is 36.8 Å². The fraction of sp³-hybridized carbons (Fsp3) is 0.0909. The quantitative estimate of drug-likeness (QED) is 0.853. The minimum atomic E-state index is -0.347. The van der Waals surface area contributed by atoms with E-state index in [1.807, 2.05) is 6.07 Å². The molecule has 0 unspecified atom stereocenters. The minimum absolute atomic E-state index is 0.0563. The fourth-order valence-electron chi connectivity index (χ4n) is 1.59. The van der Waals surface area contributed by atoms with Crippen LogP contribution < -0.4 is 10.2 Å². The van der Waals surface area contributed by atoms with Gasteiger partial charge >= 0.3 is 0 Å². The Balaban J connectivity index is 3.08. The lowest BCUT2D eigenvalue weighted by molar-refractivity contribution is 0.417. The zero-order valence-electron chi connectivity index (χ0n) is 8.67. The minimum Gasteiger partial charge on any atom is -0.495 e. The highest BCUT2D eigenvalue weighted by atomic mass is 79.9. The summed E-state index contributed by atoms with van der Waals surface area (Å²) in [7, 11) is 1.48. The second-order valence-electron chi connectivity index (χ2n) is 3.27. The number of methoxy groups -OCH3 is 1. The monoisotopic (exact) mass is 356 g/mol. The zero-order valence-corrected chi connectivity index (χ0v) is 11.8. The predicted molar refractivity (Wildman–Crippen MR) is 71.2 cm³/mol. The van der Waals surface area contributed by atoms with Crippen molar-refractivity contribution in [2.75, 3.05) is 7.11 Å². The number of aromatic amines is 1. The molecule has 86 valence electrons. The number of H-pyrrole nitrogens is 1. The number of hydrogen-bond acceptors (Lipinski definition) is 3. The average molecular weight is 358 g/mol. The Morgan fingerprint density at radius 3 is 2.71 bits per heavy atom. The number of pyridine rings is 1. The first-order valence-electron chi connectivity index (χ1n) is 4.57. The molecular formula is C11H6Br2N2O2. The van der Waals surface area contributed by atoms with Crippen LogP contribution in [0, 0.1) is 11.3 Å². The fourth-order valence-corrected chi connectivity index (χ4v) is 3.02. The van der Waals surface area contributed by atoms with Crippen molar-refractivity contribution in [2.45, 2.75) is 0 Å². The predicted octanol–water partition coefficient (Wildman–Crippen LogP) is 2.93. The van der Waals surface area contributed by atoms with Crippen molar-refractivity contribution in [1.82, 2.24) is 4.98 Å². The summed E-state index contributed by atoms with van der Waals surface area (Å²) in [5.41, 5.74) is 0.315. The summed E-state index contributed by atoms with van der Waals surface area (Å²) in [6.45, 7) is 0. The summed E-state index contributed by atoms with van der Waals surface area (Å²) >= 11 is 6.67. The Bertz CT molecular complexity index is 701. The summed E-state index contributed by atoms with van der Waals surface area (Å²) in [5, 5.41) is 9.20. The molecular weight excluding hydrogens is 352 g/mol. The summed E-state index contributed by atoms with van der Waals surface area (Å²) in [6.07, 6.45) is 1.39. The maximum absolute atomic E-state index is 12.1. The van der Waals surface area contributed by atoms with Gasteiger partial charge < -0.3 is 9.72 Å². The van der Waals surface area contributed by atoms with Crippen molar-refractivity contribution < 1.29 is 4.74 Å². The Hall–Kier alpha value is -1.32. The Kier molecular flexibility index (Phi) is 3.22. The lowest BCUT2D eigenvalue weighted by atomic mass is 10.1. The number of halogens is 2. The molecule has 0 saturated carbocycles. The van der Waals surface area contributed by atoms with Gasteiger partial charge in [-0.1, -0.05) is 0 Å². The van der Waals surface area contributed by atoms with Gasteiger partial charge in [-0.15, -0.1) is 0 Å². The van der Waals surface area contributed by atoms with E-state index in [1.54, 1.807) is 6.07 Å². The molecule has 0 atom stereocenters. The first-order valence-corrected chi connectivity index (χ1v) is 6.16. The zero-order chi connectivity index (χ0) is 12.6. The summed E-state index contributed by atoms with van der Waals surface area (Å²) in [4.78, 5) is 15.0. The molecule has 1 N–H and O–H groups in total. The molecule has 0 aliphatic carbocycles. The van der Waals surface area contributed by atoms with E-state index in [1.165, 1.54) is 13.3 Å². The van der Waals surface area contributed by atoms with Gasteiger partial charge in [-0.05, 0) is 37.9 Å². The molecule has 1 heterocycles. The Morgan fingerprint density at radius 2 is 2.12 bits per heavy atom. The first-order chi connectivity index (χ1) is 8.10. The highest BCUT2D eigenvalue weighted by Gasteiger charge is 2.15. The molecule has 0 fully saturated rings. The maximum Gasteiger partial charge on any atom is 0.210 e. The number of fused-ring (bicyclic) bond motifs is 1. The number of aromatic nitrogens is 1. The number of nitrogens with zero attached hydrogens (tertiary/aromatic N) is 1. The average Bonchev–Trinajstić information content (AvgIpc) is 2.30. The molecule has 6 heteroatoms. The molecule has 4 nitrogen and oxygen atoms in total. The van der Waals surface area contributed by atoms with Gasteiger partial charge in [0, 0.05) is 10.7 Å². The Labute approximate surface area is 113 Å². The second kappa shape index (κ2) is 4.51. The van der Waals surface area contributed by atoms with E-state index in [4.69, 9.17) is 10.00 Å². The second-order valence-corrected chi connectivity index (χ2v) is 4.98. The number of nitriles is 1. The van der Waals surface area contributed by atoms with Crippen LogP contribution >= 0.6 is 31.9 Å². The number of nitrogens with one attached hydrogen (secondary N) is 1. The van der Waals surface area contributed by atoms with Crippen LogP contribution in [0.25, 0.3) is 10.9 Å². The standard InChI is InChI=1S/C11H6Br2N2O2/c1-17-11-7(13)2-6(12)9-8(11)10(16)5(3-14)4-15-9/h2,4H,1H3,(H,15,16). The molecule has 0 bridgehead atoms. The summed E-state index contributed by atoms with van der Waals surface area (Å²) < 4.78 is 6.57. The molecule has 0 saturated heterocycles. The summed E-state index contributed by atoms with van der Waals surface area (Å²) in [6, 6.07) is 3.63. The summed E-state index contributed by atoms with van der Waals surface area (Å²) in [5.74, 6) is 0.418. The maximum atomic E-state index is 12.1. The van der Waals surface area contributed by atoms with Crippen molar-refractivity contribution in [3.63, 3.8) is 0 Å². The molecule has 2 rings (SSSR count). The number of hydrogen-bond donors (Lipinski definition) is 1. The van der Waals surface area contributed by atoms with Crippen LogP contribution in [0.1, 0.15) is 5.56 Å². The van der Waals surface area contributed by atoms with Gasteiger partial charge in [-0.25, -0.2) is 0 Å². The molecule has 17 heavy (non-hydrogen) atoms. The third-order valence-corrected chi connectivity index (χ3v) is 3.56. The SMILES string of the molecule is COc1c(Br)cc(Br)c2[nH]cc(C#N)c(=O)c12. The number of rotatable bonds is 1. The normalized spacial score (nSPS) is 10.2. The molecule has 2 aromatic rings. The van der Waals surface area contributed by atoms with Crippen LogP contribution in [0.3, 0.4) is 0 Å². The lowest BCUT2D eigenvalue weighted by Gasteiger charge is -2.09. The van der Waals surface area contributed by atoms with E-state index in [-0.39, 0.29) is 11.0 Å². The third kappa shape index (κ3) is 1.85. The first kappa shape index (κ1) is 12.1. The van der Waals surface area contributed by atoms with Gasteiger partial charge in [-0.3, -0.25) is 4.79 Å². The van der Waals surface area contributed by atoms with Gasteiger partial charge in [-0.2, -0.15) is 5.26 Å². The van der Waals surface area contributed by atoms with E-state index < -0.39 is 0 Å². The van der Waals surface area contributed by atoms with Crippen molar-refractivity contribution in [1.29, 1.82) is 5.26 Å². The topological polar surface area (TPSA) is 65.9 Å². The van der Waals surface area contributed by atoms with Gasteiger partial charge in [0.25, 0.3) is 0 Å². The number of ether oxygens (including phenoxy) is 1. The molecule has 1 aromatic carbocycles. The molecule has 0 radical (unpaired) electrons. The van der Waals surface area contributed by atoms with Gasteiger partial charge in [0.05, 0.1) is 22.5 Å². The van der Waals surface area contributed by atoms with Crippen molar-refractivity contribution in [2.24, 2.45) is 0 Å². The van der Waals surface area contributed by atoms with Gasteiger partial charge in [0.2, 0.25) is 5.43 Å². The molecule has 1 aromatic heterocycles. The molecule has 0 aliphatic rings. The van der Waals surface area contributed by atoms with E-state index in [9.17, 15) is 4.79 Å². The van der Waals surface area contributed by atoms with Gasteiger partial charge in [0.1, 0.15) is 17.4 Å². The molecule has 0 amide bonds. The van der Waals surface area contributed by atoms with Crippen LogP contribution in [-0.2, 0) is 0 Å². The van der Waals surface area contributed by atoms with E-state index in [0.717, 1.165) is 4.47 Å². The molecule has 0 spiro atoms. The van der Waals surface area contributed by atoms with Crippen LogP contribution in [0.15, 0.2) is 26.0 Å². The molecule has 0 aliphatic heterocycles. The van der Waals surface area contributed by atoms with Crippen LogP contribution in [0.5, 0.6) is 5.75 Å². The van der Waals surface area contributed by atoms with E-state index in [0.29, 0.717) is 21.1 Å². The van der Waals surface area contributed by atoms with E-state index >= 15 is 0 Å². The smallest absolute Gasteiger partial charge is 0.210 e. The Morgan fingerprint density at radius 1 is 1.41 bits per heavy atom. The van der Waals surface area contributed by atoms with Crippen molar-refractivity contribution >= 4 is 42.8 Å². The highest BCUT2D eigenvalue weighted by molar-refractivity contribution is 9.11. The number of benzene rings is 1. The largest absolute Gasteiger partial charge is 0.495 e. The third-order valence-electron chi connectivity index (χ3n) is 2.34. The highest BCUT2D eigenvalue weighted by Crippen LogP contribution is 2.35. The van der Waals surface area contributed by atoms with Crippen molar-refractivity contribution in [3.8, 4) is 11.8 Å². The van der Waals surface area contributed by atoms with Crippen LogP contribution in [0.2, 0.25) is 0 Å².